The van der Waals surface area contributed by atoms with Gasteiger partial charge in [-0.05, 0) is 18.6 Å². The highest BCUT2D eigenvalue weighted by Gasteiger charge is 2.44. The maximum atomic E-state index is 12.2. The normalized spacial score (nSPS) is 23.6. The smallest absolute Gasteiger partial charge is 0.243 e. The van der Waals surface area contributed by atoms with Gasteiger partial charge >= 0.3 is 0 Å². The Morgan fingerprint density at radius 1 is 1.53 bits per heavy atom. The number of pyridine rings is 1. The molecule has 15 heavy (non-hydrogen) atoms. The SMILES string of the molecule is N#Cc1ccc(N[C@H]2C[C@@H]2C(F)F)cn1. The fourth-order valence-corrected chi connectivity index (χ4v) is 1.42. The number of hydrogen-bond donors (Lipinski definition) is 1. The summed E-state index contributed by atoms with van der Waals surface area (Å²) in [5.41, 5.74) is 1.00. The maximum Gasteiger partial charge on any atom is 0.243 e. The third-order valence-corrected chi connectivity index (χ3v) is 2.39. The highest BCUT2D eigenvalue weighted by atomic mass is 19.3. The van der Waals surface area contributed by atoms with E-state index in [1.807, 2.05) is 6.07 Å². The van der Waals surface area contributed by atoms with Crippen molar-refractivity contribution in [2.24, 2.45) is 5.92 Å². The van der Waals surface area contributed by atoms with Crippen LogP contribution in [0, 0.1) is 17.2 Å². The summed E-state index contributed by atoms with van der Waals surface area (Å²) < 4.78 is 24.4. The van der Waals surface area contributed by atoms with Gasteiger partial charge < -0.3 is 5.32 Å². The Kier molecular flexibility index (Phi) is 2.50. The largest absolute Gasteiger partial charge is 0.381 e. The van der Waals surface area contributed by atoms with E-state index < -0.39 is 12.3 Å². The van der Waals surface area contributed by atoms with Gasteiger partial charge in [0.2, 0.25) is 6.43 Å². The van der Waals surface area contributed by atoms with Crippen LogP contribution in [-0.2, 0) is 0 Å². The predicted molar refractivity (Wildman–Crippen MR) is 50.5 cm³/mol. The van der Waals surface area contributed by atoms with Gasteiger partial charge in [-0.2, -0.15) is 5.26 Å². The second-order valence-electron chi connectivity index (χ2n) is 3.53. The van der Waals surface area contributed by atoms with Gasteiger partial charge in [-0.25, -0.2) is 13.8 Å². The number of rotatable bonds is 3. The standard InChI is InChI=1S/C10H9F2N3/c11-10(12)8-3-9(8)15-7-2-1-6(4-13)14-5-7/h1-2,5,8-10,15H,3H2/t8-,9-/m0/s1. The average molecular weight is 209 g/mol. The molecule has 1 N–H and O–H groups in total. The number of hydrogen-bond acceptors (Lipinski definition) is 3. The molecule has 0 spiro atoms. The minimum atomic E-state index is -2.26. The molecule has 0 aliphatic heterocycles. The first-order chi connectivity index (χ1) is 7.20. The van der Waals surface area contributed by atoms with Crippen LogP contribution in [0.15, 0.2) is 18.3 Å². The van der Waals surface area contributed by atoms with Crippen LogP contribution in [0.5, 0.6) is 0 Å². The molecule has 1 aliphatic rings. The van der Waals surface area contributed by atoms with Crippen molar-refractivity contribution in [1.82, 2.24) is 4.98 Å². The minimum Gasteiger partial charge on any atom is -0.381 e. The molecular formula is C10H9F2N3. The lowest BCUT2D eigenvalue weighted by Crippen LogP contribution is -2.08. The molecule has 0 bridgehead atoms. The molecule has 0 radical (unpaired) electrons. The lowest BCUT2D eigenvalue weighted by molar-refractivity contribution is 0.121. The highest BCUT2D eigenvalue weighted by Crippen LogP contribution is 2.38. The van der Waals surface area contributed by atoms with Crippen molar-refractivity contribution in [3.8, 4) is 6.07 Å². The molecule has 1 aromatic rings. The zero-order chi connectivity index (χ0) is 10.8. The van der Waals surface area contributed by atoms with E-state index in [-0.39, 0.29) is 6.04 Å². The van der Waals surface area contributed by atoms with Gasteiger partial charge in [-0.15, -0.1) is 0 Å². The summed E-state index contributed by atoms with van der Waals surface area (Å²) in [5, 5.41) is 11.5. The predicted octanol–water partition coefficient (Wildman–Crippen LogP) is 2.02. The van der Waals surface area contributed by atoms with Gasteiger partial charge in [-0.3, -0.25) is 0 Å². The molecule has 2 rings (SSSR count). The molecule has 3 nitrogen and oxygen atoms in total. The van der Waals surface area contributed by atoms with Crippen molar-refractivity contribution in [3.05, 3.63) is 24.0 Å². The number of nitrogens with zero attached hydrogens (tertiary/aromatic N) is 2. The Balaban J connectivity index is 1.93. The Hall–Kier alpha value is -1.70. The topological polar surface area (TPSA) is 48.7 Å². The summed E-state index contributed by atoms with van der Waals surface area (Å²) in [6.45, 7) is 0. The first-order valence-electron chi connectivity index (χ1n) is 4.61. The van der Waals surface area contributed by atoms with E-state index in [1.54, 1.807) is 12.1 Å². The molecule has 0 saturated heterocycles. The van der Waals surface area contributed by atoms with Crippen molar-refractivity contribution in [1.29, 1.82) is 5.26 Å². The van der Waals surface area contributed by atoms with Crippen molar-refractivity contribution in [2.75, 3.05) is 5.32 Å². The summed E-state index contributed by atoms with van der Waals surface area (Å²) in [6, 6.07) is 4.97. The van der Waals surface area contributed by atoms with Crippen LogP contribution >= 0.6 is 0 Å². The summed E-state index contributed by atoms with van der Waals surface area (Å²) in [6.07, 6.45) is -0.272. The fraction of sp³-hybridized carbons (Fsp3) is 0.400. The molecule has 2 atom stereocenters. The first kappa shape index (κ1) is 9.84. The van der Waals surface area contributed by atoms with Gasteiger partial charge in [0.15, 0.2) is 0 Å². The van der Waals surface area contributed by atoms with Crippen LogP contribution in [0.3, 0.4) is 0 Å². The molecule has 0 unspecified atom stereocenters. The van der Waals surface area contributed by atoms with E-state index in [0.717, 1.165) is 0 Å². The summed E-state index contributed by atoms with van der Waals surface area (Å²) in [5.74, 6) is -0.541. The third-order valence-electron chi connectivity index (χ3n) is 2.39. The van der Waals surface area contributed by atoms with Crippen molar-refractivity contribution >= 4 is 5.69 Å². The second kappa shape index (κ2) is 3.81. The molecule has 78 valence electrons. The summed E-state index contributed by atoms with van der Waals surface area (Å²) in [7, 11) is 0. The van der Waals surface area contributed by atoms with Crippen LogP contribution in [0.1, 0.15) is 12.1 Å². The van der Waals surface area contributed by atoms with Crippen LogP contribution in [0.2, 0.25) is 0 Å². The molecule has 1 aliphatic carbocycles. The number of halogens is 2. The highest BCUT2D eigenvalue weighted by molar-refractivity contribution is 5.45. The Labute approximate surface area is 85.7 Å². The molecular weight excluding hydrogens is 200 g/mol. The average Bonchev–Trinajstić information content (AvgIpc) is 2.98. The monoisotopic (exact) mass is 209 g/mol. The van der Waals surface area contributed by atoms with Crippen LogP contribution in [0.25, 0.3) is 0 Å². The molecule has 1 aromatic heterocycles. The molecule has 0 amide bonds. The van der Waals surface area contributed by atoms with Gasteiger partial charge in [0.25, 0.3) is 0 Å². The van der Waals surface area contributed by atoms with Crippen LogP contribution in [-0.4, -0.2) is 17.5 Å². The number of alkyl halides is 2. The zero-order valence-electron chi connectivity index (χ0n) is 7.82. The first-order valence-corrected chi connectivity index (χ1v) is 4.61. The Bertz CT molecular complexity index is 383. The number of nitriles is 1. The van der Waals surface area contributed by atoms with E-state index in [9.17, 15) is 8.78 Å². The van der Waals surface area contributed by atoms with E-state index in [2.05, 4.69) is 10.3 Å². The Morgan fingerprint density at radius 2 is 2.33 bits per heavy atom. The van der Waals surface area contributed by atoms with Gasteiger partial charge in [0.05, 0.1) is 11.9 Å². The van der Waals surface area contributed by atoms with Crippen molar-refractivity contribution in [2.45, 2.75) is 18.9 Å². The molecule has 5 heteroatoms. The number of anilines is 1. The zero-order valence-corrected chi connectivity index (χ0v) is 7.82. The second-order valence-corrected chi connectivity index (χ2v) is 3.53. The van der Waals surface area contributed by atoms with Crippen molar-refractivity contribution < 1.29 is 8.78 Å². The van der Waals surface area contributed by atoms with E-state index >= 15 is 0 Å². The van der Waals surface area contributed by atoms with E-state index in [4.69, 9.17) is 5.26 Å². The Morgan fingerprint density at radius 3 is 2.80 bits per heavy atom. The van der Waals surface area contributed by atoms with Gasteiger partial charge in [0, 0.05) is 12.0 Å². The molecule has 1 saturated carbocycles. The summed E-state index contributed by atoms with van der Waals surface area (Å²) >= 11 is 0. The van der Waals surface area contributed by atoms with Gasteiger partial charge in [-0.1, -0.05) is 0 Å². The lowest BCUT2D eigenvalue weighted by Gasteiger charge is -2.04. The molecule has 0 aromatic carbocycles. The van der Waals surface area contributed by atoms with Crippen molar-refractivity contribution in [3.63, 3.8) is 0 Å². The maximum absolute atomic E-state index is 12.2. The summed E-state index contributed by atoms with van der Waals surface area (Å²) in [4.78, 5) is 3.84. The van der Waals surface area contributed by atoms with Gasteiger partial charge in [0.1, 0.15) is 11.8 Å². The van der Waals surface area contributed by atoms with E-state index in [0.29, 0.717) is 17.8 Å². The quantitative estimate of drug-likeness (QED) is 0.828. The molecule has 1 fully saturated rings. The third kappa shape index (κ3) is 2.21. The molecule has 1 heterocycles. The minimum absolute atomic E-state index is 0.153. The van der Waals surface area contributed by atoms with Crippen LogP contribution in [0.4, 0.5) is 14.5 Å². The van der Waals surface area contributed by atoms with Crippen LogP contribution < -0.4 is 5.32 Å². The number of nitrogens with one attached hydrogen (secondary N) is 1. The fourth-order valence-electron chi connectivity index (χ4n) is 1.42. The van der Waals surface area contributed by atoms with E-state index in [1.165, 1.54) is 6.20 Å². The number of aromatic nitrogens is 1. The lowest BCUT2D eigenvalue weighted by atomic mass is 10.3.